The van der Waals surface area contributed by atoms with Crippen LogP contribution in [0.1, 0.15) is 28.7 Å². The van der Waals surface area contributed by atoms with Gasteiger partial charge in [-0.2, -0.15) is 0 Å². The number of aromatic nitrogens is 1. The van der Waals surface area contributed by atoms with E-state index < -0.39 is 10.0 Å². The lowest BCUT2D eigenvalue weighted by atomic mass is 10.2. The quantitative estimate of drug-likeness (QED) is 0.585. The van der Waals surface area contributed by atoms with Gasteiger partial charge in [0.05, 0.1) is 18.0 Å². The zero-order valence-electron chi connectivity index (χ0n) is 16.0. The first-order chi connectivity index (χ1) is 13.9. The second-order valence-electron chi connectivity index (χ2n) is 6.20. The molecule has 0 aliphatic heterocycles. The summed E-state index contributed by atoms with van der Waals surface area (Å²) in [5.41, 5.74) is 1.37. The standard InChI is InChI=1S/C20H21N3O5S/c1-3-27-18-8-10-19(11-9-18)29(25,26)23-16-6-4-15(5-7-16)20(24)21-13-17-12-14(2)28-22-17/h4-12,23H,3,13H2,1-2H3,(H,21,24). The van der Waals surface area contributed by atoms with Crippen molar-refractivity contribution in [2.75, 3.05) is 11.3 Å². The number of carbonyl (C=O) groups is 1. The molecule has 0 fully saturated rings. The van der Waals surface area contributed by atoms with Crippen LogP contribution in [0.5, 0.6) is 5.75 Å². The van der Waals surface area contributed by atoms with Crippen LogP contribution in [0, 0.1) is 6.92 Å². The smallest absolute Gasteiger partial charge is 0.261 e. The molecule has 3 aromatic rings. The van der Waals surface area contributed by atoms with Crippen molar-refractivity contribution in [2.24, 2.45) is 0 Å². The Labute approximate surface area is 168 Å². The number of hydrogen-bond donors (Lipinski definition) is 2. The van der Waals surface area contributed by atoms with Gasteiger partial charge in [-0.05, 0) is 62.4 Å². The molecule has 0 aliphatic carbocycles. The highest BCUT2D eigenvalue weighted by Crippen LogP contribution is 2.19. The number of sulfonamides is 1. The van der Waals surface area contributed by atoms with Gasteiger partial charge < -0.3 is 14.6 Å². The number of amides is 1. The lowest BCUT2D eigenvalue weighted by molar-refractivity contribution is 0.0950. The van der Waals surface area contributed by atoms with Crippen molar-refractivity contribution >= 4 is 21.6 Å². The van der Waals surface area contributed by atoms with E-state index in [4.69, 9.17) is 9.26 Å². The molecular formula is C20H21N3O5S. The lowest BCUT2D eigenvalue weighted by Crippen LogP contribution is -2.23. The van der Waals surface area contributed by atoms with E-state index in [9.17, 15) is 13.2 Å². The van der Waals surface area contributed by atoms with Gasteiger partial charge in [-0.25, -0.2) is 8.42 Å². The third-order valence-electron chi connectivity index (χ3n) is 3.95. The molecule has 1 amide bonds. The first-order valence-electron chi connectivity index (χ1n) is 8.93. The second-order valence-corrected chi connectivity index (χ2v) is 7.88. The molecule has 8 nitrogen and oxygen atoms in total. The number of nitrogens with zero attached hydrogens (tertiary/aromatic N) is 1. The van der Waals surface area contributed by atoms with Crippen LogP contribution in [0.3, 0.4) is 0 Å². The summed E-state index contributed by atoms with van der Waals surface area (Å²) in [6, 6.07) is 14.0. The van der Waals surface area contributed by atoms with Crippen LogP contribution in [-0.2, 0) is 16.6 Å². The van der Waals surface area contributed by atoms with E-state index in [-0.39, 0.29) is 17.3 Å². The minimum atomic E-state index is -3.75. The first kappa shape index (κ1) is 20.4. The zero-order valence-corrected chi connectivity index (χ0v) is 16.8. The number of carbonyl (C=O) groups excluding carboxylic acids is 1. The van der Waals surface area contributed by atoms with Crippen molar-refractivity contribution < 1.29 is 22.5 Å². The fourth-order valence-corrected chi connectivity index (χ4v) is 3.62. The number of ether oxygens (including phenoxy) is 1. The largest absolute Gasteiger partial charge is 0.494 e. The van der Waals surface area contributed by atoms with Gasteiger partial charge in [0.25, 0.3) is 15.9 Å². The van der Waals surface area contributed by atoms with Gasteiger partial charge >= 0.3 is 0 Å². The number of benzene rings is 2. The fraction of sp³-hybridized carbons (Fsp3) is 0.200. The van der Waals surface area contributed by atoms with Crippen molar-refractivity contribution in [3.63, 3.8) is 0 Å². The van der Waals surface area contributed by atoms with E-state index in [0.29, 0.717) is 35.1 Å². The fourth-order valence-electron chi connectivity index (χ4n) is 2.56. The summed E-state index contributed by atoms with van der Waals surface area (Å²) in [6.07, 6.45) is 0. The summed E-state index contributed by atoms with van der Waals surface area (Å²) in [5.74, 6) is 0.965. The Morgan fingerprint density at radius 1 is 1.10 bits per heavy atom. The maximum Gasteiger partial charge on any atom is 0.261 e. The van der Waals surface area contributed by atoms with Crippen molar-refractivity contribution in [3.8, 4) is 5.75 Å². The monoisotopic (exact) mass is 415 g/mol. The van der Waals surface area contributed by atoms with Crippen molar-refractivity contribution in [3.05, 3.63) is 71.6 Å². The Bertz CT molecular complexity index is 1070. The molecule has 2 N–H and O–H groups in total. The minimum absolute atomic E-state index is 0.116. The first-order valence-corrected chi connectivity index (χ1v) is 10.4. The molecule has 0 saturated carbocycles. The zero-order chi connectivity index (χ0) is 20.9. The SMILES string of the molecule is CCOc1ccc(S(=O)(=O)Nc2ccc(C(=O)NCc3cc(C)on3)cc2)cc1. The molecule has 9 heteroatoms. The molecule has 1 aromatic heterocycles. The van der Waals surface area contributed by atoms with E-state index in [1.165, 1.54) is 24.3 Å². The average molecular weight is 415 g/mol. The summed E-state index contributed by atoms with van der Waals surface area (Å²) >= 11 is 0. The van der Waals surface area contributed by atoms with E-state index >= 15 is 0 Å². The predicted molar refractivity (Wildman–Crippen MR) is 107 cm³/mol. The Hall–Kier alpha value is -3.33. The van der Waals surface area contributed by atoms with E-state index in [1.807, 2.05) is 6.92 Å². The highest BCUT2D eigenvalue weighted by Gasteiger charge is 2.15. The molecule has 152 valence electrons. The van der Waals surface area contributed by atoms with Crippen LogP contribution in [0.15, 0.2) is 64.0 Å². The lowest BCUT2D eigenvalue weighted by Gasteiger charge is -2.10. The van der Waals surface area contributed by atoms with Crippen LogP contribution >= 0.6 is 0 Å². The van der Waals surface area contributed by atoms with Gasteiger partial charge in [-0.1, -0.05) is 5.16 Å². The molecule has 3 rings (SSSR count). The predicted octanol–water partition coefficient (Wildman–Crippen LogP) is 3.11. The van der Waals surface area contributed by atoms with Crippen LogP contribution in [0.4, 0.5) is 5.69 Å². The maximum absolute atomic E-state index is 12.5. The highest BCUT2D eigenvalue weighted by molar-refractivity contribution is 7.92. The van der Waals surface area contributed by atoms with Gasteiger partial charge in [-0.15, -0.1) is 0 Å². The number of rotatable bonds is 8. The van der Waals surface area contributed by atoms with Crippen LogP contribution in [-0.4, -0.2) is 26.1 Å². The number of anilines is 1. The minimum Gasteiger partial charge on any atom is -0.494 e. The van der Waals surface area contributed by atoms with Gasteiger partial charge in [0.15, 0.2) is 0 Å². The third-order valence-corrected chi connectivity index (χ3v) is 5.35. The summed E-state index contributed by atoms with van der Waals surface area (Å²) in [7, 11) is -3.75. The summed E-state index contributed by atoms with van der Waals surface area (Å²) in [6.45, 7) is 4.36. The Balaban J connectivity index is 1.62. The average Bonchev–Trinajstić information content (AvgIpc) is 3.12. The number of nitrogens with one attached hydrogen (secondary N) is 2. The molecule has 0 unspecified atom stereocenters. The van der Waals surface area contributed by atoms with Gasteiger partial charge in [0.1, 0.15) is 17.2 Å². The van der Waals surface area contributed by atoms with Crippen LogP contribution in [0.25, 0.3) is 0 Å². The topological polar surface area (TPSA) is 111 Å². The van der Waals surface area contributed by atoms with Crippen LogP contribution in [0.2, 0.25) is 0 Å². The molecule has 0 spiro atoms. The number of hydrogen-bond acceptors (Lipinski definition) is 6. The van der Waals surface area contributed by atoms with E-state index in [1.54, 1.807) is 37.3 Å². The maximum atomic E-state index is 12.5. The molecular weight excluding hydrogens is 394 g/mol. The molecule has 0 bridgehead atoms. The Morgan fingerprint density at radius 3 is 2.38 bits per heavy atom. The number of aryl methyl sites for hydroxylation is 1. The molecule has 0 saturated heterocycles. The molecule has 2 aromatic carbocycles. The second kappa shape index (κ2) is 8.78. The molecule has 0 aliphatic rings. The third kappa shape index (κ3) is 5.35. The Kier molecular flexibility index (Phi) is 6.18. The molecule has 29 heavy (non-hydrogen) atoms. The normalized spacial score (nSPS) is 11.1. The van der Waals surface area contributed by atoms with Gasteiger partial charge in [-0.3, -0.25) is 9.52 Å². The van der Waals surface area contributed by atoms with E-state index in [2.05, 4.69) is 15.2 Å². The molecule has 1 heterocycles. The summed E-state index contributed by atoms with van der Waals surface area (Å²) < 4.78 is 37.8. The van der Waals surface area contributed by atoms with E-state index in [0.717, 1.165) is 0 Å². The van der Waals surface area contributed by atoms with Gasteiger partial charge in [0.2, 0.25) is 0 Å². The highest BCUT2D eigenvalue weighted by atomic mass is 32.2. The van der Waals surface area contributed by atoms with Gasteiger partial charge in [0, 0.05) is 17.3 Å². The molecule has 0 atom stereocenters. The molecule has 0 radical (unpaired) electrons. The van der Waals surface area contributed by atoms with Crippen molar-refractivity contribution in [1.29, 1.82) is 0 Å². The van der Waals surface area contributed by atoms with Crippen molar-refractivity contribution in [2.45, 2.75) is 25.3 Å². The van der Waals surface area contributed by atoms with Crippen LogP contribution < -0.4 is 14.8 Å². The Morgan fingerprint density at radius 2 is 1.79 bits per heavy atom. The summed E-state index contributed by atoms with van der Waals surface area (Å²) in [5, 5.41) is 6.53. The van der Waals surface area contributed by atoms with Crippen molar-refractivity contribution in [1.82, 2.24) is 10.5 Å². The summed E-state index contributed by atoms with van der Waals surface area (Å²) in [4.78, 5) is 12.3.